The molecule has 1 atom stereocenters. The molecule has 1 saturated heterocycles. The lowest BCUT2D eigenvalue weighted by Gasteiger charge is -2.32. The first-order chi connectivity index (χ1) is 12.0. The molecule has 1 aromatic heterocycles. The van der Waals surface area contributed by atoms with E-state index in [0.29, 0.717) is 37.6 Å². The molecule has 0 spiro atoms. The predicted molar refractivity (Wildman–Crippen MR) is 91.6 cm³/mol. The van der Waals surface area contributed by atoms with Crippen LogP contribution in [0.25, 0.3) is 0 Å². The maximum absolute atomic E-state index is 12.6. The molecule has 25 heavy (non-hydrogen) atoms. The van der Waals surface area contributed by atoms with E-state index in [1.807, 2.05) is 24.3 Å². The van der Waals surface area contributed by atoms with Crippen LogP contribution in [0, 0.1) is 6.92 Å². The van der Waals surface area contributed by atoms with Gasteiger partial charge in [0.2, 0.25) is 5.91 Å². The molecule has 132 valence electrons. The van der Waals surface area contributed by atoms with Crippen LogP contribution in [0.4, 0.5) is 0 Å². The molecule has 0 unspecified atom stereocenters. The number of morpholine rings is 1. The predicted octanol–water partition coefficient (Wildman–Crippen LogP) is 1.23. The SMILES string of the molecule is COc1cccc(CC(=O)N2CCO[C@@H](c3cc(=O)[nH]c(C)n3)C2)c1. The number of carbonyl (C=O) groups is 1. The van der Waals surface area contributed by atoms with Crippen LogP contribution in [-0.4, -0.2) is 47.6 Å². The maximum atomic E-state index is 12.6. The summed E-state index contributed by atoms with van der Waals surface area (Å²) in [5, 5.41) is 0. The van der Waals surface area contributed by atoms with Crippen molar-refractivity contribution in [2.75, 3.05) is 26.8 Å². The van der Waals surface area contributed by atoms with Gasteiger partial charge in [0, 0.05) is 12.6 Å². The number of aromatic amines is 1. The number of nitrogens with one attached hydrogen (secondary N) is 1. The quantitative estimate of drug-likeness (QED) is 0.903. The van der Waals surface area contributed by atoms with Gasteiger partial charge in [-0.05, 0) is 24.6 Å². The minimum Gasteiger partial charge on any atom is -0.497 e. The van der Waals surface area contributed by atoms with Gasteiger partial charge in [0.15, 0.2) is 0 Å². The number of aryl methyl sites for hydroxylation is 1. The lowest BCUT2D eigenvalue weighted by atomic mass is 10.1. The number of ether oxygens (including phenoxy) is 2. The minimum atomic E-state index is -0.385. The van der Waals surface area contributed by atoms with Gasteiger partial charge in [-0.1, -0.05) is 12.1 Å². The van der Waals surface area contributed by atoms with Crippen molar-refractivity contribution in [3.8, 4) is 5.75 Å². The zero-order valence-corrected chi connectivity index (χ0v) is 14.3. The Morgan fingerprint density at radius 2 is 2.28 bits per heavy atom. The third-order valence-corrected chi connectivity index (χ3v) is 4.12. The molecular weight excluding hydrogens is 322 g/mol. The Balaban J connectivity index is 1.70. The first-order valence-corrected chi connectivity index (χ1v) is 8.15. The second kappa shape index (κ2) is 7.48. The summed E-state index contributed by atoms with van der Waals surface area (Å²) in [6.07, 6.45) is -0.0878. The number of aromatic nitrogens is 2. The van der Waals surface area contributed by atoms with Crippen LogP contribution < -0.4 is 10.3 Å². The molecule has 1 amide bonds. The van der Waals surface area contributed by atoms with E-state index in [0.717, 1.165) is 11.3 Å². The summed E-state index contributed by atoms with van der Waals surface area (Å²) in [6.45, 7) is 3.06. The van der Waals surface area contributed by atoms with Gasteiger partial charge >= 0.3 is 0 Å². The van der Waals surface area contributed by atoms with Gasteiger partial charge in [-0.25, -0.2) is 4.98 Å². The lowest BCUT2D eigenvalue weighted by Crippen LogP contribution is -2.43. The molecule has 0 radical (unpaired) electrons. The van der Waals surface area contributed by atoms with Gasteiger partial charge in [0.1, 0.15) is 17.7 Å². The molecule has 0 bridgehead atoms. The number of rotatable bonds is 4. The molecule has 1 aromatic carbocycles. The van der Waals surface area contributed by atoms with Crippen molar-refractivity contribution in [2.24, 2.45) is 0 Å². The summed E-state index contributed by atoms with van der Waals surface area (Å²) in [4.78, 5) is 32.9. The van der Waals surface area contributed by atoms with Crippen LogP contribution in [0.3, 0.4) is 0 Å². The van der Waals surface area contributed by atoms with E-state index >= 15 is 0 Å². The number of hydrogen-bond acceptors (Lipinski definition) is 5. The van der Waals surface area contributed by atoms with E-state index in [1.165, 1.54) is 6.07 Å². The Morgan fingerprint density at radius 3 is 3.04 bits per heavy atom. The highest BCUT2D eigenvalue weighted by atomic mass is 16.5. The van der Waals surface area contributed by atoms with E-state index < -0.39 is 0 Å². The molecule has 1 fully saturated rings. The molecule has 1 aliphatic heterocycles. The number of amides is 1. The highest BCUT2D eigenvalue weighted by Crippen LogP contribution is 2.21. The average Bonchev–Trinajstić information content (AvgIpc) is 2.61. The Morgan fingerprint density at radius 1 is 1.44 bits per heavy atom. The van der Waals surface area contributed by atoms with E-state index in [-0.39, 0.29) is 17.6 Å². The number of H-pyrrole nitrogens is 1. The molecule has 1 N–H and O–H groups in total. The number of methoxy groups -OCH3 is 1. The van der Waals surface area contributed by atoms with Crippen LogP contribution >= 0.6 is 0 Å². The molecule has 2 aromatic rings. The highest BCUT2D eigenvalue weighted by molar-refractivity contribution is 5.79. The van der Waals surface area contributed by atoms with Crippen molar-refractivity contribution in [1.29, 1.82) is 0 Å². The van der Waals surface area contributed by atoms with Crippen molar-refractivity contribution in [3.05, 3.63) is 57.8 Å². The van der Waals surface area contributed by atoms with E-state index in [2.05, 4.69) is 9.97 Å². The van der Waals surface area contributed by atoms with Crippen LogP contribution in [-0.2, 0) is 16.0 Å². The van der Waals surface area contributed by atoms with Gasteiger partial charge in [-0.3, -0.25) is 9.59 Å². The smallest absolute Gasteiger partial charge is 0.251 e. The van der Waals surface area contributed by atoms with E-state index in [4.69, 9.17) is 9.47 Å². The fourth-order valence-electron chi connectivity index (χ4n) is 2.89. The summed E-state index contributed by atoms with van der Waals surface area (Å²) in [7, 11) is 1.60. The van der Waals surface area contributed by atoms with Gasteiger partial charge in [0.25, 0.3) is 5.56 Å². The maximum Gasteiger partial charge on any atom is 0.251 e. The second-order valence-electron chi connectivity index (χ2n) is 5.98. The first-order valence-electron chi connectivity index (χ1n) is 8.15. The molecule has 0 saturated carbocycles. The van der Waals surface area contributed by atoms with Gasteiger partial charge < -0.3 is 19.4 Å². The average molecular weight is 343 g/mol. The molecule has 7 nitrogen and oxygen atoms in total. The monoisotopic (exact) mass is 343 g/mol. The summed E-state index contributed by atoms with van der Waals surface area (Å²) in [6, 6.07) is 8.90. The summed E-state index contributed by atoms with van der Waals surface area (Å²) in [5.74, 6) is 1.28. The Labute approximate surface area is 145 Å². The Kier molecular flexibility index (Phi) is 5.14. The first kappa shape index (κ1) is 17.2. The molecule has 7 heteroatoms. The molecule has 0 aliphatic carbocycles. The fraction of sp³-hybridized carbons (Fsp3) is 0.389. The zero-order chi connectivity index (χ0) is 17.8. The van der Waals surface area contributed by atoms with Gasteiger partial charge in [0.05, 0.1) is 32.4 Å². The number of carbonyl (C=O) groups excluding carboxylic acids is 1. The minimum absolute atomic E-state index is 0.0168. The van der Waals surface area contributed by atoms with E-state index in [9.17, 15) is 9.59 Å². The van der Waals surface area contributed by atoms with Crippen molar-refractivity contribution < 1.29 is 14.3 Å². The third kappa shape index (κ3) is 4.24. The summed E-state index contributed by atoms with van der Waals surface area (Å²) in [5.41, 5.74) is 1.24. The summed E-state index contributed by atoms with van der Waals surface area (Å²) < 4.78 is 10.9. The highest BCUT2D eigenvalue weighted by Gasteiger charge is 2.26. The Hall–Kier alpha value is -2.67. The molecule has 1 aliphatic rings. The van der Waals surface area contributed by atoms with Crippen LogP contribution in [0.2, 0.25) is 0 Å². The fourth-order valence-corrected chi connectivity index (χ4v) is 2.89. The topological polar surface area (TPSA) is 84.5 Å². The number of nitrogens with zero attached hydrogens (tertiary/aromatic N) is 2. The van der Waals surface area contributed by atoms with Crippen LogP contribution in [0.1, 0.15) is 23.2 Å². The van der Waals surface area contributed by atoms with Gasteiger partial charge in [-0.2, -0.15) is 0 Å². The van der Waals surface area contributed by atoms with Crippen LogP contribution in [0.5, 0.6) is 5.75 Å². The molecular formula is C18H21N3O4. The zero-order valence-electron chi connectivity index (χ0n) is 14.3. The summed E-state index contributed by atoms with van der Waals surface area (Å²) >= 11 is 0. The standard InChI is InChI=1S/C18H21N3O4/c1-12-19-15(10-17(22)20-12)16-11-21(6-7-25-16)18(23)9-13-4-3-5-14(8-13)24-2/h3-5,8,10,16H,6-7,9,11H2,1-2H3,(H,19,20,22)/t16-/m1/s1. The second-order valence-corrected chi connectivity index (χ2v) is 5.98. The molecule has 2 heterocycles. The number of benzene rings is 1. The van der Waals surface area contributed by atoms with E-state index in [1.54, 1.807) is 18.9 Å². The lowest BCUT2D eigenvalue weighted by molar-refractivity contribution is -0.138. The van der Waals surface area contributed by atoms with Crippen molar-refractivity contribution in [3.63, 3.8) is 0 Å². The number of hydrogen-bond donors (Lipinski definition) is 1. The van der Waals surface area contributed by atoms with Crippen LogP contribution in [0.15, 0.2) is 35.1 Å². The Bertz CT molecular complexity index is 818. The molecule has 3 rings (SSSR count). The van der Waals surface area contributed by atoms with Gasteiger partial charge in [-0.15, -0.1) is 0 Å². The normalized spacial score (nSPS) is 17.4. The van der Waals surface area contributed by atoms with Crippen molar-refractivity contribution in [2.45, 2.75) is 19.4 Å². The third-order valence-electron chi connectivity index (χ3n) is 4.12. The van der Waals surface area contributed by atoms with Crippen molar-refractivity contribution in [1.82, 2.24) is 14.9 Å². The largest absolute Gasteiger partial charge is 0.497 e. The van der Waals surface area contributed by atoms with Crippen molar-refractivity contribution >= 4 is 5.91 Å².